The van der Waals surface area contributed by atoms with E-state index >= 15 is 0 Å². The average molecular weight is 336 g/mol. The van der Waals surface area contributed by atoms with Crippen LogP contribution in [0.25, 0.3) is 11.0 Å². The zero-order valence-corrected chi connectivity index (χ0v) is 13.9. The van der Waals surface area contributed by atoms with Gasteiger partial charge in [0, 0.05) is 21.9 Å². The third kappa shape index (κ3) is 2.71. The van der Waals surface area contributed by atoms with Crippen LogP contribution in [0, 0.1) is 6.92 Å². The fourth-order valence-corrected chi connectivity index (χ4v) is 2.99. The summed E-state index contributed by atoms with van der Waals surface area (Å²) < 4.78 is 5.63. The number of hydrogen-bond donors (Lipinski definition) is 1. The summed E-state index contributed by atoms with van der Waals surface area (Å²) in [6.07, 6.45) is 0. The lowest BCUT2D eigenvalue weighted by atomic mass is 10.1. The van der Waals surface area contributed by atoms with Gasteiger partial charge in [0.1, 0.15) is 10.6 Å². The standard InChI is InChI=1S/C15H14ClN3O2S/c1-7(2)14-18-19-15(22-14)17-13(20)12-8(3)10-6-9(16)4-5-11(10)21-12/h4-7H,1-3H3,(H,17,19,20). The van der Waals surface area contributed by atoms with Gasteiger partial charge in [-0.25, -0.2) is 0 Å². The molecule has 2 aromatic heterocycles. The molecule has 0 aliphatic heterocycles. The first-order valence-electron chi connectivity index (χ1n) is 6.79. The molecule has 3 aromatic rings. The first-order chi connectivity index (χ1) is 10.5. The molecule has 0 aliphatic rings. The van der Waals surface area contributed by atoms with E-state index in [0.717, 1.165) is 16.0 Å². The molecule has 0 bridgehead atoms. The molecule has 0 aliphatic carbocycles. The van der Waals surface area contributed by atoms with Crippen LogP contribution < -0.4 is 5.32 Å². The van der Waals surface area contributed by atoms with Gasteiger partial charge < -0.3 is 4.42 Å². The van der Waals surface area contributed by atoms with Gasteiger partial charge in [-0.3, -0.25) is 10.1 Å². The first-order valence-corrected chi connectivity index (χ1v) is 7.98. The largest absolute Gasteiger partial charge is 0.451 e. The number of halogens is 1. The topological polar surface area (TPSA) is 68.0 Å². The number of amides is 1. The number of nitrogens with one attached hydrogen (secondary N) is 1. The number of rotatable bonds is 3. The number of fused-ring (bicyclic) bond motifs is 1. The summed E-state index contributed by atoms with van der Waals surface area (Å²) in [4.78, 5) is 12.4. The lowest BCUT2D eigenvalue weighted by Crippen LogP contribution is -2.11. The second-order valence-electron chi connectivity index (χ2n) is 5.25. The molecule has 0 fully saturated rings. The van der Waals surface area contributed by atoms with Crippen molar-refractivity contribution < 1.29 is 9.21 Å². The van der Waals surface area contributed by atoms with E-state index < -0.39 is 0 Å². The smallest absolute Gasteiger partial charge is 0.293 e. The predicted molar refractivity (Wildman–Crippen MR) is 87.9 cm³/mol. The van der Waals surface area contributed by atoms with E-state index in [-0.39, 0.29) is 17.6 Å². The van der Waals surface area contributed by atoms with Crippen LogP contribution in [0.3, 0.4) is 0 Å². The van der Waals surface area contributed by atoms with Crippen molar-refractivity contribution in [1.82, 2.24) is 10.2 Å². The van der Waals surface area contributed by atoms with Gasteiger partial charge in [0.25, 0.3) is 5.91 Å². The molecule has 22 heavy (non-hydrogen) atoms. The Morgan fingerprint density at radius 1 is 1.36 bits per heavy atom. The monoisotopic (exact) mass is 335 g/mol. The van der Waals surface area contributed by atoms with E-state index in [1.165, 1.54) is 11.3 Å². The number of hydrogen-bond acceptors (Lipinski definition) is 5. The van der Waals surface area contributed by atoms with Gasteiger partial charge in [-0.1, -0.05) is 36.8 Å². The minimum atomic E-state index is -0.337. The third-order valence-electron chi connectivity index (χ3n) is 3.26. The Labute approximate surface area is 136 Å². The van der Waals surface area contributed by atoms with E-state index in [1.807, 2.05) is 20.8 Å². The van der Waals surface area contributed by atoms with Crippen LogP contribution in [0.4, 0.5) is 5.13 Å². The number of aryl methyl sites for hydroxylation is 1. The molecule has 0 spiro atoms. The molecule has 1 aromatic carbocycles. The highest BCUT2D eigenvalue weighted by Crippen LogP contribution is 2.29. The number of benzene rings is 1. The summed E-state index contributed by atoms with van der Waals surface area (Å²) in [5.41, 5.74) is 1.38. The van der Waals surface area contributed by atoms with Crippen molar-refractivity contribution in [2.24, 2.45) is 0 Å². The Balaban J connectivity index is 1.90. The molecule has 2 heterocycles. The van der Waals surface area contributed by atoms with E-state index in [1.54, 1.807) is 18.2 Å². The summed E-state index contributed by atoms with van der Waals surface area (Å²) in [7, 11) is 0. The number of anilines is 1. The fraction of sp³-hybridized carbons (Fsp3) is 0.267. The van der Waals surface area contributed by atoms with Crippen LogP contribution in [-0.4, -0.2) is 16.1 Å². The number of nitrogens with zero attached hydrogens (tertiary/aromatic N) is 2. The molecule has 1 N–H and O–H groups in total. The van der Waals surface area contributed by atoms with Crippen LogP contribution in [-0.2, 0) is 0 Å². The molecule has 1 amide bonds. The molecule has 7 heteroatoms. The Morgan fingerprint density at radius 3 is 2.82 bits per heavy atom. The van der Waals surface area contributed by atoms with Crippen molar-refractivity contribution in [3.05, 3.63) is 39.6 Å². The van der Waals surface area contributed by atoms with Gasteiger partial charge in [0.2, 0.25) is 5.13 Å². The Morgan fingerprint density at radius 2 is 2.14 bits per heavy atom. The van der Waals surface area contributed by atoms with Crippen molar-refractivity contribution in [1.29, 1.82) is 0 Å². The van der Waals surface area contributed by atoms with Gasteiger partial charge in [-0.2, -0.15) is 0 Å². The Bertz CT molecular complexity index is 854. The van der Waals surface area contributed by atoms with Crippen molar-refractivity contribution in [3.63, 3.8) is 0 Å². The normalized spacial score (nSPS) is 11.3. The van der Waals surface area contributed by atoms with Gasteiger partial charge >= 0.3 is 0 Å². The highest BCUT2D eigenvalue weighted by molar-refractivity contribution is 7.15. The molecule has 114 valence electrons. The van der Waals surface area contributed by atoms with E-state index in [4.69, 9.17) is 16.0 Å². The maximum atomic E-state index is 12.4. The summed E-state index contributed by atoms with van der Waals surface area (Å²) in [5.74, 6) is 0.202. The number of carbonyl (C=O) groups is 1. The van der Waals surface area contributed by atoms with E-state index in [9.17, 15) is 4.79 Å². The number of carbonyl (C=O) groups excluding carboxylic acids is 1. The predicted octanol–water partition coefficient (Wildman–Crippen LogP) is 4.62. The Hall–Kier alpha value is -1.92. The van der Waals surface area contributed by atoms with Crippen LogP contribution in [0.1, 0.15) is 40.9 Å². The number of aromatic nitrogens is 2. The molecular formula is C15H14ClN3O2S. The minimum Gasteiger partial charge on any atom is -0.451 e. The average Bonchev–Trinajstić information content (AvgIpc) is 3.05. The highest BCUT2D eigenvalue weighted by atomic mass is 35.5. The van der Waals surface area contributed by atoms with Crippen LogP contribution in [0.5, 0.6) is 0 Å². The summed E-state index contributed by atoms with van der Waals surface area (Å²) in [5, 5.41) is 13.5. The van der Waals surface area contributed by atoms with E-state index in [0.29, 0.717) is 15.7 Å². The lowest BCUT2D eigenvalue weighted by molar-refractivity contribution is 0.0998. The summed E-state index contributed by atoms with van der Waals surface area (Å²) >= 11 is 7.35. The van der Waals surface area contributed by atoms with Crippen molar-refractivity contribution in [2.45, 2.75) is 26.7 Å². The van der Waals surface area contributed by atoms with Crippen LogP contribution >= 0.6 is 22.9 Å². The first kappa shape index (κ1) is 15.0. The summed E-state index contributed by atoms with van der Waals surface area (Å²) in [6, 6.07) is 5.27. The maximum Gasteiger partial charge on any atom is 0.293 e. The van der Waals surface area contributed by atoms with Gasteiger partial charge in [0.05, 0.1) is 0 Å². The quantitative estimate of drug-likeness (QED) is 0.758. The van der Waals surface area contributed by atoms with Crippen LogP contribution in [0.15, 0.2) is 22.6 Å². The summed E-state index contributed by atoms with van der Waals surface area (Å²) in [6.45, 7) is 5.88. The molecule has 0 saturated carbocycles. The second-order valence-corrected chi connectivity index (χ2v) is 6.70. The van der Waals surface area contributed by atoms with Gasteiger partial charge in [-0.15, -0.1) is 10.2 Å². The lowest BCUT2D eigenvalue weighted by Gasteiger charge is -1.98. The molecule has 0 saturated heterocycles. The zero-order valence-electron chi connectivity index (χ0n) is 12.3. The SMILES string of the molecule is Cc1c(C(=O)Nc2nnc(C(C)C)s2)oc2ccc(Cl)cc12. The van der Waals surface area contributed by atoms with Crippen LogP contribution in [0.2, 0.25) is 5.02 Å². The molecule has 5 nitrogen and oxygen atoms in total. The minimum absolute atomic E-state index is 0.263. The van der Waals surface area contributed by atoms with Gasteiger partial charge in [-0.05, 0) is 25.1 Å². The number of furan rings is 1. The maximum absolute atomic E-state index is 12.4. The molecular weight excluding hydrogens is 322 g/mol. The second kappa shape index (κ2) is 5.70. The van der Waals surface area contributed by atoms with E-state index in [2.05, 4.69) is 15.5 Å². The fourth-order valence-electron chi connectivity index (χ4n) is 2.08. The molecule has 3 rings (SSSR count). The molecule has 0 radical (unpaired) electrons. The molecule has 0 atom stereocenters. The zero-order chi connectivity index (χ0) is 15.9. The third-order valence-corrected chi connectivity index (χ3v) is 4.63. The van der Waals surface area contributed by atoms with Crippen molar-refractivity contribution in [2.75, 3.05) is 5.32 Å². The van der Waals surface area contributed by atoms with Crippen molar-refractivity contribution >= 4 is 44.9 Å². The molecule has 0 unspecified atom stereocenters. The Kier molecular flexibility index (Phi) is 3.88. The van der Waals surface area contributed by atoms with Gasteiger partial charge in [0.15, 0.2) is 5.76 Å². The van der Waals surface area contributed by atoms with Crippen molar-refractivity contribution in [3.8, 4) is 0 Å². The highest BCUT2D eigenvalue weighted by Gasteiger charge is 2.19.